The second-order valence-electron chi connectivity index (χ2n) is 3.42. The topological polar surface area (TPSA) is 55.4 Å². The summed E-state index contributed by atoms with van der Waals surface area (Å²) in [7, 11) is 0. The molecule has 0 aromatic heterocycles. The van der Waals surface area contributed by atoms with E-state index in [1.165, 1.54) is 6.92 Å². The van der Waals surface area contributed by atoms with Gasteiger partial charge < -0.3 is 10.1 Å². The lowest BCUT2D eigenvalue weighted by atomic mass is 10.3. The Hall–Kier alpha value is -1.74. The Morgan fingerprint density at radius 2 is 1.58 bits per heavy atom. The fourth-order valence-electron chi connectivity index (χ4n) is 0.796. The standard InChI is InChI=1S/C9H9F6NO3/c1-4(2)6(18)16-3-5(17)19-7(8(10,11)12)9(13,14)15/h7H,1,3H2,2H3,(H,16,18). The van der Waals surface area contributed by atoms with E-state index < -0.39 is 36.9 Å². The van der Waals surface area contributed by atoms with Gasteiger partial charge in [-0.2, -0.15) is 26.3 Å². The largest absolute Gasteiger partial charge is 0.441 e. The molecule has 0 spiro atoms. The lowest BCUT2D eigenvalue weighted by Gasteiger charge is -2.22. The molecule has 0 bridgehead atoms. The van der Waals surface area contributed by atoms with Crippen molar-refractivity contribution in [3.63, 3.8) is 0 Å². The number of carbonyl (C=O) groups is 2. The zero-order valence-corrected chi connectivity index (χ0v) is 9.48. The van der Waals surface area contributed by atoms with Gasteiger partial charge in [-0.25, -0.2) is 0 Å². The summed E-state index contributed by atoms with van der Waals surface area (Å²) in [6.45, 7) is 3.25. The first-order chi connectivity index (χ1) is 8.35. The summed E-state index contributed by atoms with van der Waals surface area (Å²) in [6.07, 6.45) is -15.8. The van der Waals surface area contributed by atoms with E-state index in [2.05, 4.69) is 11.3 Å². The monoisotopic (exact) mass is 293 g/mol. The molecule has 0 saturated carbocycles. The lowest BCUT2D eigenvalue weighted by Crippen LogP contribution is -2.47. The summed E-state index contributed by atoms with van der Waals surface area (Å²) >= 11 is 0. The molecule has 1 amide bonds. The van der Waals surface area contributed by atoms with Crippen LogP contribution < -0.4 is 5.32 Å². The molecule has 1 N–H and O–H groups in total. The maximum atomic E-state index is 12.0. The number of nitrogens with one attached hydrogen (secondary N) is 1. The second kappa shape index (κ2) is 5.93. The van der Waals surface area contributed by atoms with Crippen LogP contribution in [0.3, 0.4) is 0 Å². The van der Waals surface area contributed by atoms with Gasteiger partial charge in [0, 0.05) is 5.57 Å². The highest BCUT2D eigenvalue weighted by Gasteiger charge is 2.59. The Morgan fingerprint density at radius 1 is 1.16 bits per heavy atom. The van der Waals surface area contributed by atoms with Crippen LogP contribution in [0.5, 0.6) is 0 Å². The van der Waals surface area contributed by atoms with Gasteiger partial charge in [0.25, 0.3) is 6.10 Å². The van der Waals surface area contributed by atoms with E-state index in [1.54, 1.807) is 5.32 Å². The Morgan fingerprint density at radius 3 is 1.89 bits per heavy atom. The van der Waals surface area contributed by atoms with Crippen molar-refractivity contribution >= 4 is 11.9 Å². The van der Waals surface area contributed by atoms with Gasteiger partial charge in [-0.15, -0.1) is 0 Å². The molecule has 0 aliphatic carbocycles. The van der Waals surface area contributed by atoms with Crippen LogP contribution >= 0.6 is 0 Å². The van der Waals surface area contributed by atoms with Crippen molar-refractivity contribution in [2.24, 2.45) is 0 Å². The minimum atomic E-state index is -5.79. The third kappa shape index (κ3) is 6.11. The van der Waals surface area contributed by atoms with Crippen molar-refractivity contribution < 1.29 is 40.7 Å². The summed E-state index contributed by atoms with van der Waals surface area (Å²) < 4.78 is 75.3. The number of esters is 1. The quantitative estimate of drug-likeness (QED) is 0.488. The van der Waals surface area contributed by atoms with Gasteiger partial charge >= 0.3 is 18.3 Å². The van der Waals surface area contributed by atoms with E-state index in [4.69, 9.17) is 0 Å². The molecular weight excluding hydrogens is 284 g/mol. The number of halogens is 6. The Balaban J connectivity index is 4.59. The lowest BCUT2D eigenvalue weighted by molar-refractivity contribution is -0.313. The smallest absolute Gasteiger partial charge is 0.434 e. The average Bonchev–Trinajstić information content (AvgIpc) is 2.18. The van der Waals surface area contributed by atoms with E-state index in [1.807, 2.05) is 0 Å². The molecule has 0 heterocycles. The molecule has 0 rings (SSSR count). The van der Waals surface area contributed by atoms with E-state index in [0.29, 0.717) is 0 Å². The van der Waals surface area contributed by atoms with Crippen LogP contribution in [0.15, 0.2) is 12.2 Å². The maximum Gasteiger partial charge on any atom is 0.434 e. The highest BCUT2D eigenvalue weighted by molar-refractivity contribution is 5.94. The molecule has 110 valence electrons. The third-order valence-corrected chi connectivity index (χ3v) is 1.62. The van der Waals surface area contributed by atoms with Crippen LogP contribution in [0.2, 0.25) is 0 Å². The minimum Gasteiger partial charge on any atom is -0.441 e. The van der Waals surface area contributed by atoms with E-state index in [9.17, 15) is 35.9 Å². The Kier molecular flexibility index (Phi) is 5.39. The molecule has 0 radical (unpaired) electrons. The van der Waals surface area contributed by atoms with Crippen molar-refractivity contribution in [1.29, 1.82) is 0 Å². The summed E-state index contributed by atoms with van der Waals surface area (Å²) in [6, 6.07) is 0. The molecule has 0 unspecified atom stereocenters. The fourth-order valence-corrected chi connectivity index (χ4v) is 0.796. The van der Waals surface area contributed by atoms with Crippen LogP contribution in [-0.2, 0) is 14.3 Å². The van der Waals surface area contributed by atoms with Crippen molar-refractivity contribution in [2.75, 3.05) is 6.54 Å². The SMILES string of the molecule is C=C(C)C(=O)NCC(=O)OC(C(F)(F)F)C(F)(F)F. The zero-order chi connectivity index (χ0) is 15.4. The average molecular weight is 293 g/mol. The number of hydrogen-bond donors (Lipinski definition) is 1. The van der Waals surface area contributed by atoms with Gasteiger partial charge in [0.05, 0.1) is 0 Å². The molecule has 19 heavy (non-hydrogen) atoms. The number of rotatable bonds is 4. The molecule has 10 heteroatoms. The van der Waals surface area contributed by atoms with Gasteiger partial charge in [-0.1, -0.05) is 6.58 Å². The Bertz CT molecular complexity index is 359. The minimum absolute atomic E-state index is 0.0732. The van der Waals surface area contributed by atoms with E-state index >= 15 is 0 Å². The van der Waals surface area contributed by atoms with Crippen LogP contribution in [0.4, 0.5) is 26.3 Å². The van der Waals surface area contributed by atoms with Crippen LogP contribution in [0.1, 0.15) is 6.92 Å². The molecule has 0 atom stereocenters. The van der Waals surface area contributed by atoms with Crippen molar-refractivity contribution in [1.82, 2.24) is 5.32 Å². The van der Waals surface area contributed by atoms with Gasteiger partial charge in [-0.05, 0) is 6.92 Å². The highest BCUT2D eigenvalue weighted by atomic mass is 19.4. The van der Waals surface area contributed by atoms with Crippen LogP contribution in [-0.4, -0.2) is 36.9 Å². The first-order valence-corrected chi connectivity index (χ1v) is 4.62. The first kappa shape index (κ1) is 17.3. The summed E-state index contributed by atoms with van der Waals surface area (Å²) in [4.78, 5) is 21.7. The van der Waals surface area contributed by atoms with Crippen LogP contribution in [0.25, 0.3) is 0 Å². The summed E-state index contributed by atoms with van der Waals surface area (Å²) in [5.41, 5.74) is -0.0732. The number of amides is 1. The molecule has 4 nitrogen and oxygen atoms in total. The van der Waals surface area contributed by atoms with Crippen molar-refractivity contribution in [3.05, 3.63) is 12.2 Å². The number of alkyl halides is 6. The second-order valence-corrected chi connectivity index (χ2v) is 3.42. The number of hydrogen-bond acceptors (Lipinski definition) is 3. The van der Waals surface area contributed by atoms with E-state index in [-0.39, 0.29) is 5.57 Å². The van der Waals surface area contributed by atoms with Gasteiger partial charge in [0.2, 0.25) is 5.91 Å². The van der Waals surface area contributed by atoms with Gasteiger partial charge in [0.15, 0.2) is 0 Å². The Labute approximate surface area is 103 Å². The summed E-state index contributed by atoms with van der Waals surface area (Å²) in [5, 5.41) is 1.74. The van der Waals surface area contributed by atoms with Crippen LogP contribution in [0, 0.1) is 0 Å². The number of ether oxygens (including phenoxy) is 1. The number of carbonyl (C=O) groups excluding carboxylic acids is 2. The molecule has 0 aromatic rings. The molecule has 0 saturated heterocycles. The normalized spacial score (nSPS) is 12.2. The van der Waals surface area contributed by atoms with Gasteiger partial charge in [0.1, 0.15) is 6.54 Å². The molecule has 0 aromatic carbocycles. The maximum absolute atomic E-state index is 12.0. The molecule has 0 aliphatic heterocycles. The van der Waals surface area contributed by atoms with Crippen molar-refractivity contribution in [2.45, 2.75) is 25.4 Å². The summed E-state index contributed by atoms with van der Waals surface area (Å²) in [5.74, 6) is -2.76. The fraction of sp³-hybridized carbons (Fsp3) is 0.556. The predicted molar refractivity (Wildman–Crippen MR) is 49.8 cm³/mol. The molecule has 0 fully saturated rings. The van der Waals surface area contributed by atoms with Crippen molar-refractivity contribution in [3.8, 4) is 0 Å². The molecule has 0 aliphatic rings. The highest BCUT2D eigenvalue weighted by Crippen LogP contribution is 2.35. The first-order valence-electron chi connectivity index (χ1n) is 4.62. The predicted octanol–water partition coefficient (Wildman–Crippen LogP) is 1.72. The van der Waals surface area contributed by atoms with Gasteiger partial charge in [-0.3, -0.25) is 9.59 Å². The molecular formula is C9H9F6NO3. The zero-order valence-electron chi connectivity index (χ0n) is 9.48. The van der Waals surface area contributed by atoms with E-state index in [0.717, 1.165) is 0 Å². The third-order valence-electron chi connectivity index (χ3n) is 1.62.